The van der Waals surface area contributed by atoms with Crippen LogP contribution in [-0.2, 0) is 0 Å². The van der Waals surface area contributed by atoms with Crippen molar-refractivity contribution < 1.29 is 13.9 Å². The molecule has 0 unspecified atom stereocenters. The van der Waals surface area contributed by atoms with E-state index in [1.165, 1.54) is 0 Å². The average Bonchev–Trinajstić information content (AvgIpc) is 2.94. The maximum Gasteiger partial charge on any atom is 0.293 e. The molecule has 1 amide bonds. The Bertz CT molecular complexity index is 687. The van der Waals surface area contributed by atoms with Crippen molar-refractivity contribution in [2.45, 2.75) is 19.8 Å². The molecule has 2 rings (SSSR count). The predicted molar refractivity (Wildman–Crippen MR) is 96.9 cm³/mol. The third kappa shape index (κ3) is 5.69. The van der Waals surface area contributed by atoms with E-state index < -0.39 is 5.91 Å². The number of anilines is 1. The normalized spacial score (nSPS) is 10.2. The minimum atomic E-state index is -0.413. The summed E-state index contributed by atoms with van der Waals surface area (Å²) < 4.78 is 11.3. The molecule has 2 N–H and O–H groups in total. The topological polar surface area (TPSA) is 63.5 Å². The van der Waals surface area contributed by atoms with Crippen LogP contribution in [0.25, 0.3) is 0 Å². The maximum absolute atomic E-state index is 11.9. The van der Waals surface area contributed by atoms with Crippen LogP contribution in [0.15, 0.2) is 45.5 Å². The molecule has 1 aromatic heterocycles. The Labute approximate surface area is 148 Å². The van der Waals surface area contributed by atoms with Gasteiger partial charge in [-0.3, -0.25) is 10.1 Å². The van der Waals surface area contributed by atoms with Crippen LogP contribution >= 0.6 is 28.1 Å². The largest absolute Gasteiger partial charge is 0.494 e. The van der Waals surface area contributed by atoms with Crippen LogP contribution in [0.5, 0.6) is 5.75 Å². The van der Waals surface area contributed by atoms with Gasteiger partial charge in [-0.2, -0.15) is 0 Å². The van der Waals surface area contributed by atoms with E-state index in [4.69, 9.17) is 21.4 Å². The Morgan fingerprint density at radius 2 is 2.17 bits per heavy atom. The predicted octanol–water partition coefficient (Wildman–Crippen LogP) is 4.35. The first-order valence-corrected chi connectivity index (χ1v) is 8.39. The third-order valence-electron chi connectivity index (χ3n) is 2.88. The monoisotopic (exact) mass is 396 g/mol. The van der Waals surface area contributed by atoms with Gasteiger partial charge in [0.25, 0.3) is 5.91 Å². The summed E-state index contributed by atoms with van der Waals surface area (Å²) in [7, 11) is 0. The van der Waals surface area contributed by atoms with Crippen molar-refractivity contribution in [3.8, 4) is 5.75 Å². The van der Waals surface area contributed by atoms with E-state index in [0.717, 1.165) is 24.3 Å². The van der Waals surface area contributed by atoms with Crippen molar-refractivity contribution in [3.05, 3.63) is 46.8 Å². The molecule has 0 spiro atoms. The molecule has 0 aliphatic carbocycles. The van der Waals surface area contributed by atoms with Gasteiger partial charge in [0.1, 0.15) is 5.75 Å². The van der Waals surface area contributed by atoms with E-state index in [-0.39, 0.29) is 10.9 Å². The zero-order valence-electron chi connectivity index (χ0n) is 12.6. The van der Waals surface area contributed by atoms with Crippen molar-refractivity contribution in [2.75, 3.05) is 11.9 Å². The molecule has 0 radical (unpaired) electrons. The van der Waals surface area contributed by atoms with Crippen molar-refractivity contribution >= 4 is 44.9 Å². The molecule has 2 aromatic rings. The fraction of sp³-hybridized carbons (Fsp3) is 0.250. The Morgan fingerprint density at radius 1 is 1.35 bits per heavy atom. The van der Waals surface area contributed by atoms with E-state index in [0.29, 0.717) is 11.3 Å². The average molecular weight is 397 g/mol. The molecule has 0 aliphatic rings. The van der Waals surface area contributed by atoms with Gasteiger partial charge in [0.05, 0.1) is 6.61 Å². The number of halogens is 1. The number of carbonyl (C=O) groups is 1. The highest BCUT2D eigenvalue weighted by Gasteiger charge is 2.12. The highest BCUT2D eigenvalue weighted by atomic mass is 79.9. The molecule has 122 valence electrons. The molecule has 5 nitrogen and oxygen atoms in total. The molecule has 0 atom stereocenters. The van der Waals surface area contributed by atoms with Gasteiger partial charge >= 0.3 is 0 Å². The first kappa shape index (κ1) is 17.5. The van der Waals surface area contributed by atoms with Gasteiger partial charge in [0.2, 0.25) is 0 Å². The second kappa shape index (κ2) is 8.69. The van der Waals surface area contributed by atoms with Crippen LogP contribution in [0.4, 0.5) is 5.69 Å². The van der Waals surface area contributed by atoms with Crippen molar-refractivity contribution in [1.29, 1.82) is 0 Å². The van der Waals surface area contributed by atoms with Gasteiger partial charge in [-0.1, -0.05) is 19.4 Å². The summed E-state index contributed by atoms with van der Waals surface area (Å²) in [5.74, 6) is 0.522. The van der Waals surface area contributed by atoms with Crippen LogP contribution in [-0.4, -0.2) is 17.6 Å². The number of unbranched alkanes of at least 4 members (excludes halogenated alkanes) is 1. The number of amides is 1. The molecule has 0 fully saturated rings. The Kier molecular flexibility index (Phi) is 6.61. The van der Waals surface area contributed by atoms with Crippen LogP contribution < -0.4 is 15.4 Å². The molecule has 0 saturated heterocycles. The standard InChI is InChI=1S/C16H17BrN2O3S/c1-2-3-9-21-12-6-4-5-11(10-12)18-16(23)19-15(20)13-7-8-14(17)22-13/h4-8,10H,2-3,9H2,1H3,(H2,18,19,20,23). The second-order valence-electron chi connectivity index (χ2n) is 4.74. The Hall–Kier alpha value is -1.86. The van der Waals surface area contributed by atoms with Crippen molar-refractivity contribution in [3.63, 3.8) is 0 Å². The zero-order chi connectivity index (χ0) is 16.7. The fourth-order valence-corrected chi connectivity index (χ4v) is 2.28. The number of benzene rings is 1. The Morgan fingerprint density at radius 3 is 2.87 bits per heavy atom. The van der Waals surface area contributed by atoms with Crippen LogP contribution in [0.2, 0.25) is 0 Å². The molecule has 1 aromatic carbocycles. The van der Waals surface area contributed by atoms with E-state index in [1.807, 2.05) is 24.3 Å². The van der Waals surface area contributed by atoms with Crippen molar-refractivity contribution in [2.24, 2.45) is 0 Å². The number of ether oxygens (including phenoxy) is 1. The number of hydrogen-bond acceptors (Lipinski definition) is 4. The number of rotatable bonds is 6. The number of carbonyl (C=O) groups excluding carboxylic acids is 1. The smallest absolute Gasteiger partial charge is 0.293 e. The molecular formula is C16H17BrN2O3S. The summed E-state index contributed by atoms with van der Waals surface area (Å²) in [6.45, 7) is 2.79. The third-order valence-corrected chi connectivity index (χ3v) is 3.51. The summed E-state index contributed by atoms with van der Waals surface area (Å²) >= 11 is 8.28. The van der Waals surface area contributed by atoms with E-state index in [1.54, 1.807) is 12.1 Å². The lowest BCUT2D eigenvalue weighted by Gasteiger charge is -2.10. The number of nitrogens with one attached hydrogen (secondary N) is 2. The lowest BCUT2D eigenvalue weighted by atomic mass is 10.3. The van der Waals surface area contributed by atoms with Gasteiger partial charge < -0.3 is 14.5 Å². The van der Waals surface area contributed by atoms with Crippen LogP contribution in [0, 0.1) is 0 Å². The molecule has 23 heavy (non-hydrogen) atoms. The van der Waals surface area contributed by atoms with Crippen LogP contribution in [0.3, 0.4) is 0 Å². The molecular weight excluding hydrogens is 380 g/mol. The van der Waals surface area contributed by atoms with E-state index in [9.17, 15) is 4.79 Å². The first-order valence-electron chi connectivity index (χ1n) is 7.19. The minimum absolute atomic E-state index is 0.178. The first-order chi connectivity index (χ1) is 11.1. The lowest BCUT2D eigenvalue weighted by molar-refractivity contribution is 0.0949. The highest BCUT2D eigenvalue weighted by molar-refractivity contribution is 9.10. The lowest BCUT2D eigenvalue weighted by Crippen LogP contribution is -2.33. The molecule has 0 bridgehead atoms. The number of thiocarbonyl (C=S) groups is 1. The summed E-state index contributed by atoms with van der Waals surface area (Å²) in [6.07, 6.45) is 2.09. The molecule has 0 aliphatic heterocycles. The summed E-state index contributed by atoms with van der Waals surface area (Å²) in [6, 6.07) is 10.6. The molecule has 0 saturated carbocycles. The number of hydrogen-bond donors (Lipinski definition) is 2. The fourth-order valence-electron chi connectivity index (χ4n) is 1.76. The van der Waals surface area contributed by atoms with Crippen molar-refractivity contribution in [1.82, 2.24) is 5.32 Å². The van der Waals surface area contributed by atoms with Gasteiger partial charge in [-0.05, 0) is 58.8 Å². The maximum atomic E-state index is 11.9. The Balaban J connectivity index is 1.89. The van der Waals surface area contributed by atoms with E-state index in [2.05, 4.69) is 33.5 Å². The van der Waals surface area contributed by atoms with Gasteiger partial charge in [-0.15, -0.1) is 0 Å². The van der Waals surface area contributed by atoms with E-state index >= 15 is 0 Å². The molecule has 1 heterocycles. The van der Waals surface area contributed by atoms with Crippen LogP contribution in [0.1, 0.15) is 30.3 Å². The number of furan rings is 1. The minimum Gasteiger partial charge on any atom is -0.494 e. The highest BCUT2D eigenvalue weighted by Crippen LogP contribution is 2.18. The summed E-state index contributed by atoms with van der Waals surface area (Å²) in [5, 5.41) is 5.69. The zero-order valence-corrected chi connectivity index (χ0v) is 15.0. The molecule has 7 heteroatoms. The SMILES string of the molecule is CCCCOc1cccc(NC(=S)NC(=O)c2ccc(Br)o2)c1. The van der Waals surface area contributed by atoms with Gasteiger partial charge in [-0.25, -0.2) is 0 Å². The second-order valence-corrected chi connectivity index (χ2v) is 5.93. The van der Waals surface area contributed by atoms with Gasteiger partial charge in [0.15, 0.2) is 15.5 Å². The summed E-state index contributed by atoms with van der Waals surface area (Å²) in [5.41, 5.74) is 0.741. The quantitative estimate of drug-likeness (QED) is 0.561. The summed E-state index contributed by atoms with van der Waals surface area (Å²) in [4.78, 5) is 11.9. The van der Waals surface area contributed by atoms with Gasteiger partial charge in [0, 0.05) is 11.8 Å².